The van der Waals surface area contributed by atoms with E-state index < -0.39 is 15.9 Å². The molecule has 0 aliphatic heterocycles. The summed E-state index contributed by atoms with van der Waals surface area (Å²) in [5.41, 5.74) is 0.110. The van der Waals surface area contributed by atoms with Crippen molar-refractivity contribution < 1.29 is 17.8 Å². The monoisotopic (exact) mass is 258 g/mol. The summed E-state index contributed by atoms with van der Waals surface area (Å²) < 4.78 is 30.2. The Balaban J connectivity index is 2.39. The molecular formula is C12H18O4S. The maximum atomic E-state index is 12.3. The minimum Gasteiger partial charge on any atom is -0.294 e. The molecular weight excluding hydrogens is 240 g/mol. The third-order valence-electron chi connectivity index (χ3n) is 4.88. The number of rotatable bonds is 2. The van der Waals surface area contributed by atoms with Crippen molar-refractivity contribution in [3.63, 3.8) is 0 Å². The van der Waals surface area contributed by atoms with Crippen LogP contribution in [-0.4, -0.2) is 24.5 Å². The number of carbonyl (C=O) groups is 1. The van der Waals surface area contributed by atoms with Crippen LogP contribution in [0.3, 0.4) is 0 Å². The average molecular weight is 258 g/mol. The van der Waals surface area contributed by atoms with E-state index in [0.29, 0.717) is 5.57 Å². The van der Waals surface area contributed by atoms with E-state index in [1.165, 1.54) is 6.08 Å². The van der Waals surface area contributed by atoms with Crippen LogP contribution in [0.25, 0.3) is 0 Å². The smallest absolute Gasteiger partial charge is 0.268 e. The molecule has 4 nitrogen and oxygen atoms in total. The average Bonchev–Trinajstić information content (AvgIpc) is 2.46. The van der Waals surface area contributed by atoms with Crippen molar-refractivity contribution in [2.75, 3.05) is 5.75 Å². The lowest BCUT2D eigenvalue weighted by atomic mass is 9.70. The number of Topliss-reactive ketones (excluding diaryl/α,β-unsaturated/α-hetero) is 1. The zero-order chi connectivity index (χ0) is 13.1. The molecule has 5 heteroatoms. The second-order valence-corrected chi connectivity index (χ2v) is 7.38. The van der Waals surface area contributed by atoms with Gasteiger partial charge in [0, 0.05) is 5.41 Å². The summed E-state index contributed by atoms with van der Waals surface area (Å²) in [6.07, 6.45) is 3.19. The number of hydrogen-bond donors (Lipinski definition) is 1. The molecule has 0 unspecified atom stereocenters. The van der Waals surface area contributed by atoms with Crippen LogP contribution in [0.5, 0.6) is 0 Å². The minimum atomic E-state index is -4.04. The van der Waals surface area contributed by atoms with Crippen LogP contribution in [0, 0.1) is 16.7 Å². The van der Waals surface area contributed by atoms with Crippen LogP contribution in [-0.2, 0) is 14.9 Å². The van der Waals surface area contributed by atoms with Crippen LogP contribution in [0.4, 0.5) is 0 Å². The van der Waals surface area contributed by atoms with Crippen LogP contribution >= 0.6 is 0 Å². The molecule has 0 saturated heterocycles. The molecule has 2 aliphatic carbocycles. The van der Waals surface area contributed by atoms with Crippen molar-refractivity contribution in [1.82, 2.24) is 0 Å². The summed E-state index contributed by atoms with van der Waals surface area (Å²) >= 11 is 0. The maximum Gasteiger partial charge on any atom is 0.268 e. The van der Waals surface area contributed by atoms with Crippen LogP contribution < -0.4 is 0 Å². The highest BCUT2D eigenvalue weighted by molar-refractivity contribution is 7.85. The molecule has 0 aromatic heterocycles. The first-order valence-electron chi connectivity index (χ1n) is 5.79. The Morgan fingerprint density at radius 2 is 2.00 bits per heavy atom. The van der Waals surface area contributed by atoms with Crippen molar-refractivity contribution in [2.24, 2.45) is 16.7 Å². The molecule has 2 bridgehead atoms. The molecule has 0 amide bonds. The summed E-state index contributed by atoms with van der Waals surface area (Å²) in [5.74, 6) is -0.277. The Hall–Kier alpha value is -0.680. The molecule has 2 saturated carbocycles. The molecule has 2 rings (SSSR count). The van der Waals surface area contributed by atoms with Gasteiger partial charge in [-0.2, -0.15) is 8.42 Å². The third kappa shape index (κ3) is 1.67. The van der Waals surface area contributed by atoms with Gasteiger partial charge in [-0.15, -0.1) is 0 Å². The summed E-state index contributed by atoms with van der Waals surface area (Å²) in [5, 5.41) is 0. The SMILES string of the molecule is CC1(C)[C@@H]2CC[C@@]1(C)C(=O)/C2=C/CS(=O)(=O)O. The van der Waals surface area contributed by atoms with Gasteiger partial charge in [0.15, 0.2) is 5.78 Å². The molecule has 2 fully saturated rings. The van der Waals surface area contributed by atoms with Crippen LogP contribution in [0.2, 0.25) is 0 Å². The molecule has 0 aromatic rings. The summed E-state index contributed by atoms with van der Waals surface area (Å²) in [7, 11) is -4.04. The van der Waals surface area contributed by atoms with E-state index >= 15 is 0 Å². The first kappa shape index (κ1) is 12.8. The quantitative estimate of drug-likeness (QED) is 0.606. The van der Waals surface area contributed by atoms with Gasteiger partial charge in [0.1, 0.15) is 0 Å². The Bertz CT molecular complexity index is 501. The van der Waals surface area contributed by atoms with E-state index in [0.717, 1.165) is 12.8 Å². The molecule has 96 valence electrons. The zero-order valence-corrected chi connectivity index (χ0v) is 11.2. The lowest BCUT2D eigenvalue weighted by Gasteiger charge is -2.31. The van der Waals surface area contributed by atoms with Gasteiger partial charge in [0.25, 0.3) is 10.1 Å². The van der Waals surface area contributed by atoms with Crippen LogP contribution in [0.1, 0.15) is 33.6 Å². The van der Waals surface area contributed by atoms with Gasteiger partial charge in [-0.3, -0.25) is 9.35 Å². The van der Waals surface area contributed by atoms with Gasteiger partial charge < -0.3 is 0 Å². The lowest BCUT2D eigenvalue weighted by Crippen LogP contribution is -2.32. The fourth-order valence-electron chi connectivity index (χ4n) is 3.36. The summed E-state index contributed by atoms with van der Waals surface area (Å²) in [4.78, 5) is 12.3. The molecule has 0 aromatic carbocycles. The summed E-state index contributed by atoms with van der Waals surface area (Å²) in [6.45, 7) is 6.09. The maximum absolute atomic E-state index is 12.3. The highest BCUT2D eigenvalue weighted by Gasteiger charge is 2.63. The van der Waals surface area contributed by atoms with Gasteiger partial charge in [0.2, 0.25) is 0 Å². The number of fused-ring (bicyclic) bond motifs is 2. The first-order chi connectivity index (χ1) is 7.59. The molecule has 17 heavy (non-hydrogen) atoms. The van der Waals surface area contributed by atoms with Crippen molar-refractivity contribution in [1.29, 1.82) is 0 Å². The summed E-state index contributed by atoms with van der Waals surface area (Å²) in [6, 6.07) is 0. The minimum absolute atomic E-state index is 0.0578. The highest BCUT2D eigenvalue weighted by Crippen LogP contribution is 2.65. The Morgan fingerprint density at radius 3 is 2.41 bits per heavy atom. The van der Waals surface area contributed by atoms with Crippen molar-refractivity contribution in [3.8, 4) is 0 Å². The van der Waals surface area contributed by atoms with Crippen molar-refractivity contribution in [2.45, 2.75) is 33.6 Å². The van der Waals surface area contributed by atoms with E-state index in [2.05, 4.69) is 13.8 Å². The van der Waals surface area contributed by atoms with E-state index in [1.807, 2.05) is 6.92 Å². The Morgan fingerprint density at radius 1 is 1.41 bits per heavy atom. The fraction of sp³-hybridized carbons (Fsp3) is 0.750. The topological polar surface area (TPSA) is 71.4 Å². The Labute approximate surface area is 102 Å². The van der Waals surface area contributed by atoms with Crippen LogP contribution in [0.15, 0.2) is 11.6 Å². The number of carbonyl (C=O) groups excluding carboxylic acids is 1. The van der Waals surface area contributed by atoms with Crippen molar-refractivity contribution >= 4 is 15.9 Å². The standard InChI is InChI=1S/C12H18O4S/c1-11(2)9-4-6-12(11,3)10(13)8(9)5-7-17(14,15)16/h5,9H,4,6-7H2,1-3H3,(H,14,15,16)/b8-5+/t9-,12+/m1/s1. The zero-order valence-electron chi connectivity index (χ0n) is 10.4. The fourth-order valence-corrected chi connectivity index (χ4v) is 3.75. The Kier molecular flexibility index (Phi) is 2.57. The van der Waals surface area contributed by atoms with Gasteiger partial charge in [-0.05, 0) is 29.7 Å². The van der Waals surface area contributed by atoms with E-state index in [1.54, 1.807) is 0 Å². The number of ketones is 1. The molecule has 0 heterocycles. The second kappa shape index (κ2) is 3.42. The number of hydrogen-bond acceptors (Lipinski definition) is 3. The second-order valence-electron chi connectivity index (χ2n) is 5.88. The third-order valence-corrected chi connectivity index (χ3v) is 5.47. The van der Waals surface area contributed by atoms with Gasteiger partial charge >= 0.3 is 0 Å². The van der Waals surface area contributed by atoms with Gasteiger partial charge in [0.05, 0.1) is 5.75 Å². The van der Waals surface area contributed by atoms with E-state index in [9.17, 15) is 13.2 Å². The molecule has 2 aliphatic rings. The molecule has 1 N–H and O–H groups in total. The first-order valence-corrected chi connectivity index (χ1v) is 7.40. The van der Waals surface area contributed by atoms with E-state index in [4.69, 9.17) is 4.55 Å². The predicted octanol–water partition coefficient (Wildman–Crippen LogP) is 1.83. The highest BCUT2D eigenvalue weighted by atomic mass is 32.2. The predicted molar refractivity (Wildman–Crippen MR) is 64.1 cm³/mol. The molecule has 2 atom stereocenters. The normalized spacial score (nSPS) is 38.0. The molecule has 0 spiro atoms. The molecule has 0 radical (unpaired) electrons. The lowest BCUT2D eigenvalue weighted by molar-refractivity contribution is -0.125. The number of allylic oxidation sites excluding steroid dienone is 1. The van der Waals surface area contributed by atoms with Crippen molar-refractivity contribution in [3.05, 3.63) is 11.6 Å². The van der Waals surface area contributed by atoms with E-state index in [-0.39, 0.29) is 22.5 Å². The van der Waals surface area contributed by atoms with Gasteiger partial charge in [-0.1, -0.05) is 26.8 Å². The largest absolute Gasteiger partial charge is 0.294 e. The van der Waals surface area contributed by atoms with Gasteiger partial charge in [-0.25, -0.2) is 0 Å².